The van der Waals surface area contributed by atoms with E-state index >= 15 is 0 Å². The fourth-order valence-corrected chi connectivity index (χ4v) is 3.82. The van der Waals surface area contributed by atoms with Crippen LogP contribution in [0.3, 0.4) is 0 Å². The van der Waals surface area contributed by atoms with Crippen molar-refractivity contribution in [1.29, 1.82) is 0 Å². The van der Waals surface area contributed by atoms with Gasteiger partial charge in [0.15, 0.2) is 0 Å². The molecule has 5 rings (SSSR count). The minimum absolute atomic E-state index is 0.279. The van der Waals surface area contributed by atoms with Gasteiger partial charge in [-0.1, -0.05) is 52.3 Å². The lowest BCUT2D eigenvalue weighted by molar-refractivity contribution is 0.0692. The average molecular weight is 472 g/mol. The quantitative estimate of drug-likeness (QED) is 0.459. The third-order valence-electron chi connectivity index (χ3n) is 5.41. The van der Waals surface area contributed by atoms with Gasteiger partial charge in [0, 0.05) is 12.7 Å². The van der Waals surface area contributed by atoms with Crippen molar-refractivity contribution >= 4 is 29.4 Å². The Morgan fingerprint density at radius 3 is 1.69 bits per heavy atom. The second-order valence-electron chi connectivity index (χ2n) is 7.98. The topological polar surface area (TPSA) is 87.7 Å². The first-order chi connectivity index (χ1) is 16.8. The number of aromatic nitrogens is 1. The molecule has 7 nitrogen and oxygen atoms in total. The molecule has 0 saturated carbocycles. The van der Waals surface area contributed by atoms with Crippen LogP contribution in [-0.4, -0.2) is 40.6 Å². The van der Waals surface area contributed by atoms with Crippen molar-refractivity contribution in [3.05, 3.63) is 82.5 Å². The zero-order chi connectivity index (χ0) is 25.9. The van der Waals surface area contributed by atoms with E-state index in [4.69, 9.17) is 0 Å². The highest BCUT2D eigenvalue weighted by atomic mass is 16.2. The van der Waals surface area contributed by atoms with Crippen molar-refractivity contribution in [3.8, 4) is 11.1 Å². The molecule has 0 saturated heterocycles. The Balaban J connectivity index is 0.000000638. The van der Waals surface area contributed by atoms with Crippen LogP contribution in [0.25, 0.3) is 11.1 Å². The molecule has 4 amide bonds. The number of carbonyl (C=O) groups is 4. The van der Waals surface area contributed by atoms with Crippen LogP contribution in [0.2, 0.25) is 0 Å². The maximum absolute atomic E-state index is 13.0. The lowest BCUT2D eigenvalue weighted by atomic mass is 9.97. The van der Waals surface area contributed by atoms with Gasteiger partial charge in [0.05, 0.1) is 22.3 Å². The number of hydrogen-bond acceptors (Lipinski definition) is 5. The van der Waals surface area contributed by atoms with Crippen molar-refractivity contribution in [3.63, 3.8) is 0 Å². The number of anilines is 1. The molecule has 0 N–H and O–H groups in total. The van der Waals surface area contributed by atoms with E-state index in [1.165, 1.54) is 13.5 Å². The Kier molecular flexibility index (Phi) is 7.59. The van der Waals surface area contributed by atoms with Gasteiger partial charge in [-0.05, 0) is 54.4 Å². The van der Waals surface area contributed by atoms with Crippen LogP contribution in [-0.2, 0) is 0 Å². The summed E-state index contributed by atoms with van der Waals surface area (Å²) in [5, 5.41) is 0. The van der Waals surface area contributed by atoms with Crippen LogP contribution in [0.4, 0.5) is 5.82 Å². The SMILES string of the molecule is CC.CCC.Cc1cccc(N2C(=O)c3ccc(-c4ccc5c(c4)C(=O)N(C)C5=O)cc3C2=O)n1. The largest absolute Gasteiger partial charge is 0.277 e. The van der Waals surface area contributed by atoms with Crippen LogP contribution in [0, 0.1) is 6.92 Å². The lowest BCUT2D eigenvalue weighted by Crippen LogP contribution is -2.30. The number of fused-ring (bicyclic) bond motifs is 2. The maximum atomic E-state index is 13.0. The molecule has 180 valence electrons. The molecule has 0 spiro atoms. The van der Waals surface area contributed by atoms with Crippen LogP contribution in [0.15, 0.2) is 54.6 Å². The van der Waals surface area contributed by atoms with E-state index in [9.17, 15) is 19.2 Å². The van der Waals surface area contributed by atoms with E-state index in [1.54, 1.807) is 61.5 Å². The van der Waals surface area contributed by atoms with E-state index < -0.39 is 11.8 Å². The van der Waals surface area contributed by atoms with Gasteiger partial charge in [-0.15, -0.1) is 0 Å². The Morgan fingerprint density at radius 2 is 1.14 bits per heavy atom. The summed E-state index contributed by atoms with van der Waals surface area (Å²) in [5.41, 5.74) is 3.32. The summed E-state index contributed by atoms with van der Waals surface area (Å²) < 4.78 is 0. The Morgan fingerprint density at radius 1 is 0.686 bits per heavy atom. The predicted octanol–water partition coefficient (Wildman–Crippen LogP) is 5.53. The first-order valence-electron chi connectivity index (χ1n) is 11.7. The van der Waals surface area contributed by atoms with Gasteiger partial charge in [-0.25, -0.2) is 9.88 Å². The highest BCUT2D eigenvalue weighted by Crippen LogP contribution is 2.33. The van der Waals surface area contributed by atoms with Crippen molar-refractivity contribution < 1.29 is 19.2 Å². The summed E-state index contributed by atoms with van der Waals surface area (Å²) in [7, 11) is 1.44. The molecular weight excluding hydrogens is 442 g/mol. The van der Waals surface area contributed by atoms with Gasteiger partial charge in [0.1, 0.15) is 5.82 Å². The third-order valence-corrected chi connectivity index (χ3v) is 5.41. The summed E-state index contributed by atoms with van der Waals surface area (Å²) in [6, 6.07) is 15.1. The molecule has 35 heavy (non-hydrogen) atoms. The fourth-order valence-electron chi connectivity index (χ4n) is 3.82. The molecule has 2 aliphatic heterocycles. The molecule has 1 aromatic heterocycles. The van der Waals surface area contributed by atoms with Crippen LogP contribution in [0.5, 0.6) is 0 Å². The highest BCUT2D eigenvalue weighted by molar-refractivity contribution is 6.34. The number of hydrogen-bond donors (Lipinski definition) is 0. The fraction of sp³-hybridized carbons (Fsp3) is 0.250. The maximum Gasteiger partial charge on any atom is 0.267 e. The molecule has 0 fully saturated rings. The van der Waals surface area contributed by atoms with Crippen LogP contribution < -0.4 is 4.90 Å². The third kappa shape index (κ3) is 4.49. The number of pyridine rings is 1. The number of nitrogens with zero attached hydrogens (tertiary/aromatic N) is 3. The van der Waals surface area contributed by atoms with Crippen LogP contribution >= 0.6 is 0 Å². The number of amides is 4. The van der Waals surface area contributed by atoms with E-state index in [0.717, 1.165) is 9.80 Å². The molecule has 0 bridgehead atoms. The number of aryl methyl sites for hydroxylation is 1. The average Bonchev–Trinajstić information content (AvgIpc) is 3.24. The van der Waals surface area contributed by atoms with Gasteiger partial charge in [0.2, 0.25) is 0 Å². The molecule has 2 aliphatic rings. The van der Waals surface area contributed by atoms with Gasteiger partial charge < -0.3 is 0 Å². The zero-order valence-corrected chi connectivity index (χ0v) is 20.9. The minimum atomic E-state index is -0.443. The van der Waals surface area contributed by atoms with Crippen LogP contribution in [0.1, 0.15) is 81.2 Å². The normalized spacial score (nSPS) is 13.7. The Hall–Kier alpha value is -4.13. The second kappa shape index (κ2) is 10.4. The molecule has 0 atom stereocenters. The summed E-state index contributed by atoms with van der Waals surface area (Å²) in [5.74, 6) is -1.27. The first-order valence-corrected chi connectivity index (χ1v) is 11.7. The van der Waals surface area contributed by atoms with Crippen molar-refractivity contribution in [2.45, 2.75) is 41.0 Å². The smallest absolute Gasteiger partial charge is 0.267 e. The van der Waals surface area contributed by atoms with E-state index in [1.807, 2.05) is 13.8 Å². The molecule has 7 heteroatoms. The first kappa shape index (κ1) is 25.5. The van der Waals surface area contributed by atoms with Gasteiger partial charge >= 0.3 is 0 Å². The van der Waals surface area contributed by atoms with Gasteiger partial charge in [-0.3, -0.25) is 24.1 Å². The standard InChI is InChI=1S/C23H15N3O4.C3H8.C2H6/c1-12-4-3-5-19(24-12)26-22(29)16-9-7-14(11-18(16)23(26)30)13-6-8-15-17(10-13)21(28)25(2)20(15)27;1-3-2;1-2/h3-11H,1-2H3;3H2,1-2H3;1-2H3. The van der Waals surface area contributed by atoms with Gasteiger partial charge in [0.25, 0.3) is 23.6 Å². The molecule has 2 aromatic carbocycles. The monoisotopic (exact) mass is 471 g/mol. The predicted molar refractivity (Wildman–Crippen MR) is 136 cm³/mol. The number of rotatable bonds is 2. The second-order valence-corrected chi connectivity index (χ2v) is 7.98. The zero-order valence-electron chi connectivity index (χ0n) is 20.9. The molecule has 0 aliphatic carbocycles. The molecule has 3 aromatic rings. The van der Waals surface area contributed by atoms with E-state index in [2.05, 4.69) is 18.8 Å². The summed E-state index contributed by atoms with van der Waals surface area (Å²) in [4.78, 5) is 56.6. The van der Waals surface area contributed by atoms with Crippen molar-refractivity contribution in [2.75, 3.05) is 11.9 Å². The van der Waals surface area contributed by atoms with Crippen molar-refractivity contribution in [1.82, 2.24) is 9.88 Å². The van der Waals surface area contributed by atoms with Crippen molar-refractivity contribution in [2.24, 2.45) is 0 Å². The molecule has 0 unspecified atom stereocenters. The van der Waals surface area contributed by atoms with E-state index in [-0.39, 0.29) is 23.2 Å². The van der Waals surface area contributed by atoms with E-state index in [0.29, 0.717) is 33.5 Å². The Labute approximate surface area is 205 Å². The summed E-state index contributed by atoms with van der Waals surface area (Å²) >= 11 is 0. The Bertz CT molecular complexity index is 1330. The minimum Gasteiger partial charge on any atom is -0.277 e. The molecule has 3 heterocycles. The summed E-state index contributed by atoms with van der Waals surface area (Å²) in [6.07, 6.45) is 1.25. The number of benzene rings is 2. The summed E-state index contributed by atoms with van der Waals surface area (Å²) in [6.45, 7) is 10.0. The number of carbonyl (C=O) groups excluding carboxylic acids is 4. The molecular formula is C28H29N3O4. The number of imide groups is 2. The highest BCUT2D eigenvalue weighted by Gasteiger charge is 2.38. The lowest BCUT2D eigenvalue weighted by Gasteiger charge is -2.12. The molecule has 0 radical (unpaired) electrons. The van der Waals surface area contributed by atoms with Gasteiger partial charge in [-0.2, -0.15) is 0 Å².